The van der Waals surface area contributed by atoms with Crippen LogP contribution in [0.2, 0.25) is 0 Å². The smallest absolute Gasteiger partial charge is 0.212 e. The molecule has 0 aliphatic heterocycles. The van der Waals surface area contributed by atoms with Gasteiger partial charge in [0.2, 0.25) is 10.0 Å². The second-order valence-corrected chi connectivity index (χ2v) is 6.99. The average molecular weight is 291 g/mol. The maximum Gasteiger partial charge on any atom is 0.212 e. The van der Waals surface area contributed by atoms with Crippen LogP contribution >= 0.6 is 0 Å². The minimum atomic E-state index is -3.40. The molecule has 0 aromatic carbocycles. The molecule has 1 aliphatic carbocycles. The van der Waals surface area contributed by atoms with Gasteiger partial charge in [-0.15, -0.1) is 0 Å². The summed E-state index contributed by atoms with van der Waals surface area (Å²) in [7, 11) is -1.86. The van der Waals surface area contributed by atoms with Gasteiger partial charge in [-0.05, 0) is 25.2 Å². The summed E-state index contributed by atoms with van der Waals surface area (Å²) in [5.74, 6) is 0.0859. The van der Waals surface area contributed by atoms with Crippen molar-refractivity contribution in [2.24, 2.45) is 11.7 Å². The van der Waals surface area contributed by atoms with Crippen LogP contribution in [0, 0.1) is 11.3 Å². The van der Waals surface area contributed by atoms with Crippen LogP contribution < -0.4 is 10.5 Å². The summed E-state index contributed by atoms with van der Waals surface area (Å²) in [4.78, 5) is 0. The molecule has 1 atom stereocenters. The van der Waals surface area contributed by atoms with Gasteiger partial charge >= 0.3 is 0 Å². The van der Waals surface area contributed by atoms with Crippen molar-refractivity contribution in [1.29, 1.82) is 5.41 Å². The quantitative estimate of drug-likeness (QED) is 0.350. The number of hydrogen-bond acceptors (Lipinski definition) is 4. The summed E-state index contributed by atoms with van der Waals surface area (Å²) in [6.07, 6.45) is 5.66. The van der Waals surface area contributed by atoms with Crippen molar-refractivity contribution >= 4 is 15.9 Å². The average Bonchev–Trinajstić information content (AvgIpc) is 2.37. The fourth-order valence-electron chi connectivity index (χ4n) is 2.53. The molecule has 4 N–H and O–H groups in total. The summed E-state index contributed by atoms with van der Waals surface area (Å²) < 4.78 is 31.3. The van der Waals surface area contributed by atoms with Crippen LogP contribution in [-0.4, -0.2) is 39.8 Å². The molecule has 1 unspecified atom stereocenters. The predicted octanol–water partition coefficient (Wildman–Crippen LogP) is 0.827. The Hall–Kier alpha value is -0.660. The molecule has 1 saturated carbocycles. The molecule has 0 aromatic heterocycles. The van der Waals surface area contributed by atoms with E-state index in [1.54, 1.807) is 7.11 Å². The highest BCUT2D eigenvalue weighted by Gasteiger charge is 2.29. The normalized spacial score (nSPS) is 19.2. The molecule has 0 spiro atoms. The first kappa shape index (κ1) is 16.4. The van der Waals surface area contributed by atoms with Crippen LogP contribution in [0.15, 0.2) is 0 Å². The molecule has 0 bridgehead atoms. The Morgan fingerprint density at radius 3 is 2.58 bits per heavy atom. The third-order valence-electron chi connectivity index (χ3n) is 3.52. The van der Waals surface area contributed by atoms with Crippen molar-refractivity contribution in [1.82, 2.24) is 4.72 Å². The molecule has 0 amide bonds. The van der Waals surface area contributed by atoms with E-state index in [0.29, 0.717) is 13.0 Å². The lowest BCUT2D eigenvalue weighted by Gasteiger charge is -2.29. The zero-order valence-corrected chi connectivity index (χ0v) is 12.3. The molecule has 0 radical (unpaired) electrons. The van der Waals surface area contributed by atoms with E-state index in [0.717, 1.165) is 25.7 Å². The third-order valence-corrected chi connectivity index (χ3v) is 4.96. The van der Waals surface area contributed by atoms with E-state index in [9.17, 15) is 8.42 Å². The van der Waals surface area contributed by atoms with Gasteiger partial charge in [0.05, 0.1) is 11.8 Å². The van der Waals surface area contributed by atoms with E-state index >= 15 is 0 Å². The lowest BCUT2D eigenvalue weighted by Crippen LogP contribution is -2.49. The van der Waals surface area contributed by atoms with E-state index in [1.807, 2.05) is 0 Å². The molecular weight excluding hydrogens is 266 g/mol. The highest BCUT2D eigenvalue weighted by atomic mass is 32.2. The fourth-order valence-corrected chi connectivity index (χ4v) is 3.85. The van der Waals surface area contributed by atoms with E-state index in [-0.39, 0.29) is 17.5 Å². The Morgan fingerprint density at radius 2 is 2.05 bits per heavy atom. The predicted molar refractivity (Wildman–Crippen MR) is 75.7 cm³/mol. The maximum atomic E-state index is 11.9. The minimum Gasteiger partial charge on any atom is -0.386 e. The monoisotopic (exact) mass is 291 g/mol. The first-order valence-corrected chi connectivity index (χ1v) is 8.44. The second kappa shape index (κ2) is 7.81. The van der Waals surface area contributed by atoms with Crippen LogP contribution in [0.4, 0.5) is 0 Å². The van der Waals surface area contributed by atoms with E-state index in [4.69, 9.17) is 15.9 Å². The van der Waals surface area contributed by atoms with Gasteiger partial charge in [-0.3, -0.25) is 5.41 Å². The van der Waals surface area contributed by atoms with Crippen LogP contribution in [0.3, 0.4) is 0 Å². The summed E-state index contributed by atoms with van der Waals surface area (Å²) >= 11 is 0. The molecular formula is C12H25N3O3S. The van der Waals surface area contributed by atoms with Gasteiger partial charge in [-0.25, -0.2) is 13.1 Å². The minimum absolute atomic E-state index is 0.0112. The number of amidine groups is 1. The van der Waals surface area contributed by atoms with Gasteiger partial charge in [0.1, 0.15) is 5.84 Å². The Morgan fingerprint density at radius 1 is 1.42 bits per heavy atom. The topological polar surface area (TPSA) is 105 Å². The third kappa shape index (κ3) is 5.88. The Kier molecular flexibility index (Phi) is 6.74. The number of sulfonamides is 1. The Bertz CT molecular complexity index is 378. The zero-order chi connectivity index (χ0) is 14.3. The fraction of sp³-hybridized carbons (Fsp3) is 0.917. The maximum absolute atomic E-state index is 11.9. The standard InChI is InChI=1S/C12H25N3O3S/c1-18-8-5-9-19(16,17)15-11(12(13)14)10-6-3-2-4-7-10/h10-11,15H,2-9H2,1H3,(H3,13,14). The van der Waals surface area contributed by atoms with Crippen LogP contribution in [0.25, 0.3) is 0 Å². The molecule has 112 valence electrons. The molecule has 1 fully saturated rings. The van der Waals surface area contributed by atoms with Crippen molar-refractivity contribution in [2.45, 2.75) is 44.6 Å². The molecule has 0 heterocycles. The van der Waals surface area contributed by atoms with Gasteiger partial charge in [0, 0.05) is 13.7 Å². The number of ether oxygens (including phenoxy) is 1. The SMILES string of the molecule is COCCCS(=O)(=O)NC(C(=N)N)C1CCCCC1. The molecule has 1 aliphatic rings. The lowest BCUT2D eigenvalue weighted by molar-refractivity contribution is 0.199. The number of methoxy groups -OCH3 is 1. The van der Waals surface area contributed by atoms with Gasteiger partial charge in [0.15, 0.2) is 0 Å². The Labute approximate surface area is 115 Å². The van der Waals surface area contributed by atoms with Gasteiger partial charge in [-0.1, -0.05) is 19.3 Å². The van der Waals surface area contributed by atoms with Crippen molar-refractivity contribution in [3.05, 3.63) is 0 Å². The van der Waals surface area contributed by atoms with Crippen molar-refractivity contribution < 1.29 is 13.2 Å². The number of nitrogens with one attached hydrogen (secondary N) is 2. The van der Waals surface area contributed by atoms with Gasteiger partial charge in [-0.2, -0.15) is 0 Å². The van der Waals surface area contributed by atoms with E-state index < -0.39 is 16.1 Å². The van der Waals surface area contributed by atoms with Crippen molar-refractivity contribution in [2.75, 3.05) is 19.5 Å². The molecule has 0 aromatic rings. The van der Waals surface area contributed by atoms with E-state index in [1.165, 1.54) is 6.42 Å². The van der Waals surface area contributed by atoms with E-state index in [2.05, 4.69) is 4.72 Å². The molecule has 1 rings (SSSR count). The largest absolute Gasteiger partial charge is 0.386 e. The Balaban J connectivity index is 2.59. The first-order valence-electron chi connectivity index (χ1n) is 6.79. The molecule has 6 nitrogen and oxygen atoms in total. The molecule has 0 saturated heterocycles. The summed E-state index contributed by atoms with van der Waals surface area (Å²) in [6.45, 7) is 0.412. The summed E-state index contributed by atoms with van der Waals surface area (Å²) in [5.41, 5.74) is 5.56. The number of nitrogens with two attached hydrogens (primary N) is 1. The first-order chi connectivity index (χ1) is 8.96. The van der Waals surface area contributed by atoms with Crippen LogP contribution in [0.1, 0.15) is 38.5 Å². The van der Waals surface area contributed by atoms with Crippen LogP contribution in [-0.2, 0) is 14.8 Å². The lowest BCUT2D eigenvalue weighted by atomic mass is 9.84. The highest BCUT2D eigenvalue weighted by Crippen LogP contribution is 2.26. The molecule has 19 heavy (non-hydrogen) atoms. The molecule has 7 heteroatoms. The summed E-state index contributed by atoms with van der Waals surface area (Å²) in [6, 6.07) is -0.548. The number of rotatable bonds is 8. The highest BCUT2D eigenvalue weighted by molar-refractivity contribution is 7.89. The number of hydrogen-bond donors (Lipinski definition) is 3. The van der Waals surface area contributed by atoms with Crippen LogP contribution in [0.5, 0.6) is 0 Å². The van der Waals surface area contributed by atoms with Gasteiger partial charge < -0.3 is 10.5 Å². The van der Waals surface area contributed by atoms with Crippen molar-refractivity contribution in [3.63, 3.8) is 0 Å². The van der Waals surface area contributed by atoms with Gasteiger partial charge in [0.25, 0.3) is 0 Å². The summed E-state index contributed by atoms with van der Waals surface area (Å²) in [5, 5.41) is 7.61. The zero-order valence-electron chi connectivity index (χ0n) is 11.5. The van der Waals surface area contributed by atoms with Crippen molar-refractivity contribution in [3.8, 4) is 0 Å². The second-order valence-electron chi connectivity index (χ2n) is 5.11.